The molecule has 0 radical (unpaired) electrons. The normalized spacial score (nSPS) is 12.9. The van der Waals surface area contributed by atoms with Crippen molar-refractivity contribution in [2.24, 2.45) is 11.7 Å². The fourth-order valence-corrected chi connectivity index (χ4v) is 1.55. The second kappa shape index (κ2) is 4.45. The number of hydrogen-bond acceptors (Lipinski definition) is 4. The molecule has 0 amide bonds. The molecule has 0 aliphatic rings. The number of nitrogens with zero attached hydrogens (tertiary/aromatic N) is 1. The molecule has 0 saturated carbocycles. The molecule has 4 heteroatoms. The van der Waals surface area contributed by atoms with Gasteiger partial charge in [0.25, 0.3) is 0 Å². The number of carbonyl (C=O) groups excluding carboxylic acids is 1. The number of Topliss-reactive ketones (excluding diaryl/α,β-unsaturated/α-hetero) is 1. The summed E-state index contributed by atoms with van der Waals surface area (Å²) < 4.78 is 5.15. The Hall–Kier alpha value is -1.68. The van der Waals surface area contributed by atoms with E-state index in [1.807, 2.05) is 6.92 Å². The minimum atomic E-state index is 0.0938. The molecule has 16 heavy (non-hydrogen) atoms. The van der Waals surface area contributed by atoms with Crippen molar-refractivity contribution in [2.75, 3.05) is 6.54 Å². The lowest BCUT2D eigenvalue weighted by Crippen LogP contribution is -2.15. The van der Waals surface area contributed by atoms with E-state index in [4.69, 9.17) is 10.2 Å². The molecule has 1 heterocycles. The largest absolute Gasteiger partial charge is 0.443 e. The van der Waals surface area contributed by atoms with E-state index in [2.05, 4.69) is 4.98 Å². The Labute approximate surface area is 93.5 Å². The number of oxazole rings is 1. The fourth-order valence-electron chi connectivity index (χ4n) is 1.55. The summed E-state index contributed by atoms with van der Waals surface area (Å²) in [6.07, 6.45) is 1.84. The lowest BCUT2D eigenvalue weighted by Gasteiger charge is -2.06. The van der Waals surface area contributed by atoms with Crippen LogP contribution in [0.4, 0.5) is 0 Å². The van der Waals surface area contributed by atoms with Crippen molar-refractivity contribution < 1.29 is 9.21 Å². The molecule has 4 nitrogen and oxygen atoms in total. The Balaban J connectivity index is 2.22. The summed E-state index contributed by atoms with van der Waals surface area (Å²) in [6.45, 7) is 2.49. The topological polar surface area (TPSA) is 69.1 Å². The number of rotatable bonds is 4. The average Bonchev–Trinajstić information content (AvgIpc) is 2.75. The first-order valence-electron chi connectivity index (χ1n) is 5.27. The van der Waals surface area contributed by atoms with Gasteiger partial charge in [-0.05, 0) is 30.7 Å². The number of nitrogens with two attached hydrogens (primary N) is 1. The second-order valence-electron chi connectivity index (χ2n) is 4.00. The Kier molecular flexibility index (Phi) is 3.01. The van der Waals surface area contributed by atoms with Crippen LogP contribution in [0.3, 0.4) is 0 Å². The average molecular weight is 218 g/mol. The van der Waals surface area contributed by atoms with Gasteiger partial charge >= 0.3 is 0 Å². The van der Waals surface area contributed by atoms with Crippen LogP contribution in [0.25, 0.3) is 11.1 Å². The Bertz CT molecular complexity index is 504. The van der Waals surface area contributed by atoms with Gasteiger partial charge < -0.3 is 10.2 Å². The van der Waals surface area contributed by atoms with E-state index < -0.39 is 0 Å². The third-order valence-electron chi connectivity index (χ3n) is 2.59. The van der Waals surface area contributed by atoms with Gasteiger partial charge in [-0.25, -0.2) is 4.98 Å². The smallest absolute Gasteiger partial charge is 0.181 e. The van der Waals surface area contributed by atoms with Gasteiger partial charge in [-0.15, -0.1) is 0 Å². The molecule has 2 rings (SSSR count). The lowest BCUT2D eigenvalue weighted by molar-refractivity contribution is 0.0966. The second-order valence-corrected chi connectivity index (χ2v) is 4.00. The highest BCUT2D eigenvalue weighted by Crippen LogP contribution is 2.16. The maximum Gasteiger partial charge on any atom is 0.181 e. The molecular weight excluding hydrogens is 204 g/mol. The van der Waals surface area contributed by atoms with E-state index in [1.54, 1.807) is 18.2 Å². The third-order valence-corrected chi connectivity index (χ3v) is 2.59. The lowest BCUT2D eigenvalue weighted by atomic mass is 10.00. The first-order chi connectivity index (χ1) is 7.70. The van der Waals surface area contributed by atoms with Crippen molar-refractivity contribution in [1.82, 2.24) is 4.98 Å². The van der Waals surface area contributed by atoms with Crippen LogP contribution in [-0.4, -0.2) is 17.3 Å². The van der Waals surface area contributed by atoms with Crippen molar-refractivity contribution in [1.29, 1.82) is 0 Å². The first-order valence-corrected chi connectivity index (χ1v) is 5.27. The highest BCUT2D eigenvalue weighted by molar-refractivity contribution is 5.98. The number of hydrogen-bond donors (Lipinski definition) is 1. The molecule has 1 unspecified atom stereocenters. The summed E-state index contributed by atoms with van der Waals surface area (Å²) in [4.78, 5) is 15.9. The van der Waals surface area contributed by atoms with E-state index in [0.717, 1.165) is 5.52 Å². The van der Waals surface area contributed by atoms with E-state index in [1.165, 1.54) is 6.39 Å². The third kappa shape index (κ3) is 2.12. The number of fused-ring (bicyclic) bond motifs is 1. The molecule has 1 atom stereocenters. The highest BCUT2D eigenvalue weighted by Gasteiger charge is 2.11. The molecule has 2 N–H and O–H groups in total. The number of carbonyl (C=O) groups is 1. The summed E-state index contributed by atoms with van der Waals surface area (Å²) >= 11 is 0. The van der Waals surface area contributed by atoms with E-state index >= 15 is 0 Å². The van der Waals surface area contributed by atoms with Crippen molar-refractivity contribution in [2.45, 2.75) is 13.3 Å². The molecule has 0 saturated heterocycles. The zero-order valence-electron chi connectivity index (χ0n) is 9.14. The summed E-state index contributed by atoms with van der Waals surface area (Å²) in [5.41, 5.74) is 7.56. The monoisotopic (exact) mass is 218 g/mol. The van der Waals surface area contributed by atoms with E-state index in [-0.39, 0.29) is 11.7 Å². The molecule has 0 bridgehead atoms. The molecule has 0 aliphatic heterocycles. The number of aromatic nitrogens is 1. The number of ketones is 1. The zero-order valence-corrected chi connectivity index (χ0v) is 9.14. The minimum absolute atomic E-state index is 0.0938. The van der Waals surface area contributed by atoms with Crippen LogP contribution in [0.1, 0.15) is 23.7 Å². The molecular formula is C12H14N2O2. The van der Waals surface area contributed by atoms with Gasteiger partial charge in [-0.1, -0.05) is 6.92 Å². The SMILES string of the molecule is CC(CN)CC(=O)c1ccc2ncoc2c1. The Morgan fingerprint density at radius 1 is 1.56 bits per heavy atom. The van der Waals surface area contributed by atoms with Crippen molar-refractivity contribution in [3.05, 3.63) is 30.2 Å². The summed E-state index contributed by atoms with van der Waals surface area (Å²) in [7, 11) is 0. The highest BCUT2D eigenvalue weighted by atomic mass is 16.3. The quantitative estimate of drug-likeness (QED) is 0.797. The van der Waals surface area contributed by atoms with Crippen LogP contribution >= 0.6 is 0 Å². The van der Waals surface area contributed by atoms with Crippen LogP contribution in [0, 0.1) is 5.92 Å². The van der Waals surface area contributed by atoms with Crippen LogP contribution < -0.4 is 5.73 Å². The Morgan fingerprint density at radius 2 is 2.38 bits per heavy atom. The molecule has 84 valence electrons. The summed E-state index contributed by atoms with van der Waals surface area (Å²) in [6, 6.07) is 5.30. The molecule has 1 aromatic carbocycles. The molecule has 0 fully saturated rings. The predicted octanol–water partition coefficient (Wildman–Crippen LogP) is 2.00. The molecule has 0 spiro atoms. The van der Waals surface area contributed by atoms with Gasteiger partial charge in [0.1, 0.15) is 5.52 Å². The maximum absolute atomic E-state index is 11.9. The molecule has 0 aliphatic carbocycles. The summed E-state index contributed by atoms with van der Waals surface area (Å²) in [5, 5.41) is 0. The van der Waals surface area contributed by atoms with Crippen LogP contribution in [-0.2, 0) is 0 Å². The molecule has 1 aromatic heterocycles. The fraction of sp³-hybridized carbons (Fsp3) is 0.333. The van der Waals surface area contributed by atoms with Gasteiger partial charge in [0, 0.05) is 12.0 Å². The van der Waals surface area contributed by atoms with Gasteiger partial charge in [-0.2, -0.15) is 0 Å². The van der Waals surface area contributed by atoms with E-state index in [9.17, 15) is 4.79 Å². The number of benzene rings is 1. The van der Waals surface area contributed by atoms with Crippen molar-refractivity contribution in [3.8, 4) is 0 Å². The maximum atomic E-state index is 11.9. The zero-order chi connectivity index (χ0) is 11.5. The van der Waals surface area contributed by atoms with Crippen LogP contribution in [0.2, 0.25) is 0 Å². The van der Waals surface area contributed by atoms with E-state index in [0.29, 0.717) is 24.1 Å². The predicted molar refractivity (Wildman–Crippen MR) is 61.2 cm³/mol. The Morgan fingerprint density at radius 3 is 3.12 bits per heavy atom. The van der Waals surface area contributed by atoms with Crippen molar-refractivity contribution >= 4 is 16.9 Å². The van der Waals surface area contributed by atoms with Crippen molar-refractivity contribution in [3.63, 3.8) is 0 Å². The minimum Gasteiger partial charge on any atom is -0.443 e. The van der Waals surface area contributed by atoms with Crippen LogP contribution in [0.15, 0.2) is 29.0 Å². The van der Waals surface area contributed by atoms with Gasteiger partial charge in [0.2, 0.25) is 0 Å². The van der Waals surface area contributed by atoms with Gasteiger partial charge in [0.05, 0.1) is 0 Å². The summed E-state index contributed by atoms with van der Waals surface area (Å²) in [5.74, 6) is 0.300. The standard InChI is InChI=1S/C12H14N2O2/c1-8(6-13)4-11(15)9-2-3-10-12(5-9)16-7-14-10/h2-3,5,7-8H,4,6,13H2,1H3. The van der Waals surface area contributed by atoms with Gasteiger partial charge in [-0.3, -0.25) is 4.79 Å². The van der Waals surface area contributed by atoms with Gasteiger partial charge in [0.15, 0.2) is 17.8 Å². The first kappa shape index (κ1) is 10.8. The molecule has 2 aromatic rings. The van der Waals surface area contributed by atoms with Crippen LogP contribution in [0.5, 0.6) is 0 Å².